The van der Waals surface area contributed by atoms with Gasteiger partial charge in [0.2, 0.25) is 5.91 Å². The maximum Gasteiger partial charge on any atom is 0.350 e. The SMILES string of the molecule is CC(C)NC(=O)CCn1cc([N+](=O)[O-])c(=O)[nH]c1=O. The number of aromatic nitrogens is 2. The average Bonchev–Trinajstić information content (AvgIpc) is 2.26. The lowest BCUT2D eigenvalue weighted by Gasteiger charge is -2.08. The number of rotatable bonds is 5. The molecule has 0 aliphatic heterocycles. The fourth-order valence-corrected chi connectivity index (χ4v) is 1.41. The third kappa shape index (κ3) is 4.05. The highest BCUT2D eigenvalue weighted by Gasteiger charge is 2.15. The lowest BCUT2D eigenvalue weighted by molar-refractivity contribution is -0.386. The molecule has 0 radical (unpaired) electrons. The first kappa shape index (κ1) is 14.6. The molecule has 1 heterocycles. The molecule has 9 heteroatoms. The summed E-state index contributed by atoms with van der Waals surface area (Å²) in [6, 6.07) is -0.0332. The van der Waals surface area contributed by atoms with Crippen LogP contribution in [0.25, 0.3) is 0 Å². The highest BCUT2D eigenvalue weighted by Crippen LogP contribution is 1.99. The van der Waals surface area contributed by atoms with Gasteiger partial charge < -0.3 is 5.32 Å². The van der Waals surface area contributed by atoms with E-state index in [1.54, 1.807) is 13.8 Å². The van der Waals surface area contributed by atoms with Crippen LogP contribution in [0, 0.1) is 10.1 Å². The molecule has 0 bridgehead atoms. The minimum Gasteiger partial charge on any atom is -0.354 e. The van der Waals surface area contributed by atoms with Gasteiger partial charge in [0.25, 0.3) is 0 Å². The summed E-state index contributed by atoms with van der Waals surface area (Å²) >= 11 is 0. The van der Waals surface area contributed by atoms with Gasteiger partial charge >= 0.3 is 16.9 Å². The van der Waals surface area contributed by atoms with E-state index in [0.29, 0.717) is 0 Å². The summed E-state index contributed by atoms with van der Waals surface area (Å²) in [5, 5.41) is 13.2. The second kappa shape index (κ2) is 5.94. The smallest absolute Gasteiger partial charge is 0.350 e. The van der Waals surface area contributed by atoms with E-state index < -0.39 is 21.9 Å². The Morgan fingerprint density at radius 2 is 2.16 bits per heavy atom. The van der Waals surface area contributed by atoms with Crippen LogP contribution in [0.2, 0.25) is 0 Å². The molecule has 0 spiro atoms. The highest BCUT2D eigenvalue weighted by atomic mass is 16.6. The third-order valence-corrected chi connectivity index (χ3v) is 2.22. The van der Waals surface area contributed by atoms with Crippen molar-refractivity contribution in [2.75, 3.05) is 0 Å². The molecular weight excluding hydrogens is 256 g/mol. The number of aryl methyl sites for hydroxylation is 1. The lowest BCUT2D eigenvalue weighted by Crippen LogP contribution is -2.34. The Bertz CT molecular complexity index is 601. The van der Waals surface area contributed by atoms with Gasteiger partial charge in [-0.2, -0.15) is 0 Å². The molecule has 0 saturated heterocycles. The summed E-state index contributed by atoms with van der Waals surface area (Å²) in [6.07, 6.45) is 0.825. The highest BCUT2D eigenvalue weighted by molar-refractivity contribution is 5.76. The molecule has 0 aliphatic rings. The monoisotopic (exact) mass is 270 g/mol. The summed E-state index contributed by atoms with van der Waals surface area (Å²) in [6.45, 7) is 3.53. The van der Waals surface area contributed by atoms with Gasteiger partial charge in [0.15, 0.2) is 0 Å². The van der Waals surface area contributed by atoms with Crippen LogP contribution >= 0.6 is 0 Å². The third-order valence-electron chi connectivity index (χ3n) is 2.22. The topological polar surface area (TPSA) is 127 Å². The number of amides is 1. The van der Waals surface area contributed by atoms with Crippen molar-refractivity contribution in [1.29, 1.82) is 0 Å². The molecule has 0 saturated carbocycles. The first-order valence-electron chi connectivity index (χ1n) is 5.58. The molecule has 2 N–H and O–H groups in total. The van der Waals surface area contributed by atoms with E-state index in [9.17, 15) is 24.5 Å². The number of nitrogens with one attached hydrogen (secondary N) is 2. The Hall–Kier alpha value is -2.45. The van der Waals surface area contributed by atoms with Gasteiger partial charge in [0.05, 0.1) is 11.1 Å². The lowest BCUT2D eigenvalue weighted by atomic mass is 10.3. The number of nitro groups is 1. The minimum absolute atomic E-state index is 0.0126. The van der Waals surface area contributed by atoms with E-state index >= 15 is 0 Å². The molecule has 1 aromatic heterocycles. The predicted octanol–water partition coefficient (Wildman–Crippen LogP) is -0.641. The van der Waals surface area contributed by atoms with Crippen LogP contribution in [0.4, 0.5) is 5.69 Å². The molecule has 1 rings (SSSR count). The standard InChI is InChI=1S/C10H14N4O5/c1-6(2)11-8(15)3-4-13-5-7(14(18)19)9(16)12-10(13)17/h5-6H,3-4H2,1-2H3,(H,11,15)(H,12,16,17). The summed E-state index contributed by atoms with van der Waals surface area (Å²) in [4.78, 5) is 45.4. The molecule has 0 fully saturated rings. The summed E-state index contributed by atoms with van der Waals surface area (Å²) in [5.41, 5.74) is -2.57. The fourth-order valence-electron chi connectivity index (χ4n) is 1.41. The van der Waals surface area contributed by atoms with Crippen molar-refractivity contribution < 1.29 is 9.72 Å². The Morgan fingerprint density at radius 1 is 1.53 bits per heavy atom. The van der Waals surface area contributed by atoms with Gasteiger partial charge in [0.1, 0.15) is 0 Å². The second-order valence-corrected chi connectivity index (χ2v) is 4.20. The van der Waals surface area contributed by atoms with Crippen LogP contribution in [0.15, 0.2) is 15.8 Å². The molecule has 104 valence electrons. The summed E-state index contributed by atoms with van der Waals surface area (Å²) < 4.78 is 0.930. The maximum absolute atomic E-state index is 11.4. The van der Waals surface area contributed by atoms with Crippen molar-refractivity contribution >= 4 is 11.6 Å². The zero-order chi connectivity index (χ0) is 14.6. The zero-order valence-corrected chi connectivity index (χ0v) is 10.5. The first-order chi connectivity index (χ1) is 8.81. The number of aromatic amines is 1. The Kier molecular flexibility index (Phi) is 4.56. The molecular formula is C10H14N4O5. The average molecular weight is 270 g/mol. The number of carbonyl (C=O) groups excluding carboxylic acids is 1. The first-order valence-corrected chi connectivity index (χ1v) is 5.58. The van der Waals surface area contributed by atoms with Crippen molar-refractivity contribution in [3.05, 3.63) is 37.1 Å². The van der Waals surface area contributed by atoms with Crippen LogP contribution in [0.5, 0.6) is 0 Å². The van der Waals surface area contributed by atoms with Gasteiger partial charge in [-0.05, 0) is 13.8 Å². The van der Waals surface area contributed by atoms with Gasteiger partial charge in [-0.25, -0.2) is 4.79 Å². The summed E-state index contributed by atoms with van der Waals surface area (Å²) in [5.74, 6) is -0.282. The molecule has 19 heavy (non-hydrogen) atoms. The Morgan fingerprint density at radius 3 is 2.68 bits per heavy atom. The van der Waals surface area contributed by atoms with Gasteiger partial charge in [-0.1, -0.05) is 0 Å². The van der Waals surface area contributed by atoms with E-state index in [0.717, 1.165) is 10.8 Å². The quantitative estimate of drug-likeness (QED) is 0.543. The van der Waals surface area contributed by atoms with Crippen LogP contribution in [0.1, 0.15) is 20.3 Å². The molecule has 9 nitrogen and oxygen atoms in total. The molecule has 0 aliphatic carbocycles. The number of hydrogen-bond acceptors (Lipinski definition) is 5. The maximum atomic E-state index is 11.4. The minimum atomic E-state index is -1.06. The molecule has 0 aromatic carbocycles. The van der Waals surface area contributed by atoms with Crippen molar-refractivity contribution in [3.63, 3.8) is 0 Å². The van der Waals surface area contributed by atoms with Crippen molar-refractivity contribution in [2.45, 2.75) is 32.9 Å². The number of nitrogens with zero attached hydrogens (tertiary/aromatic N) is 2. The van der Waals surface area contributed by atoms with E-state index in [2.05, 4.69) is 5.32 Å². The number of H-pyrrole nitrogens is 1. The molecule has 0 unspecified atom stereocenters. The van der Waals surface area contributed by atoms with Crippen LogP contribution in [-0.4, -0.2) is 26.4 Å². The van der Waals surface area contributed by atoms with Crippen LogP contribution in [-0.2, 0) is 11.3 Å². The molecule has 0 atom stereocenters. The molecule has 1 aromatic rings. The fraction of sp³-hybridized carbons (Fsp3) is 0.500. The largest absolute Gasteiger partial charge is 0.354 e. The molecule has 1 amide bonds. The second-order valence-electron chi connectivity index (χ2n) is 4.20. The van der Waals surface area contributed by atoms with Crippen LogP contribution < -0.4 is 16.6 Å². The Balaban J connectivity index is 2.87. The van der Waals surface area contributed by atoms with Crippen molar-refractivity contribution in [3.8, 4) is 0 Å². The van der Waals surface area contributed by atoms with Gasteiger partial charge in [-0.15, -0.1) is 0 Å². The van der Waals surface area contributed by atoms with Crippen LogP contribution in [0.3, 0.4) is 0 Å². The zero-order valence-electron chi connectivity index (χ0n) is 10.5. The summed E-state index contributed by atoms with van der Waals surface area (Å²) in [7, 11) is 0. The Labute approximate surface area is 107 Å². The van der Waals surface area contributed by atoms with E-state index in [1.807, 2.05) is 4.98 Å². The van der Waals surface area contributed by atoms with Gasteiger partial charge in [-0.3, -0.25) is 29.3 Å². The number of hydrogen-bond donors (Lipinski definition) is 2. The normalized spacial score (nSPS) is 10.5. The van der Waals surface area contributed by atoms with E-state index in [1.165, 1.54) is 0 Å². The number of carbonyl (C=O) groups is 1. The van der Waals surface area contributed by atoms with E-state index in [-0.39, 0.29) is 24.9 Å². The van der Waals surface area contributed by atoms with Crippen molar-refractivity contribution in [2.24, 2.45) is 0 Å². The van der Waals surface area contributed by atoms with E-state index in [4.69, 9.17) is 0 Å². The van der Waals surface area contributed by atoms with Gasteiger partial charge in [0, 0.05) is 19.0 Å². The van der Waals surface area contributed by atoms with Crippen molar-refractivity contribution in [1.82, 2.24) is 14.9 Å². The predicted molar refractivity (Wildman–Crippen MR) is 65.9 cm³/mol.